The van der Waals surface area contributed by atoms with Crippen molar-refractivity contribution < 1.29 is 0 Å². The highest BCUT2D eigenvalue weighted by Crippen LogP contribution is 2.17. The zero-order valence-electron chi connectivity index (χ0n) is 12.6. The van der Waals surface area contributed by atoms with Crippen LogP contribution in [0.25, 0.3) is 17.8 Å². The van der Waals surface area contributed by atoms with E-state index in [2.05, 4.69) is 30.9 Å². The third-order valence-electron chi connectivity index (χ3n) is 3.36. The molecule has 0 fully saturated rings. The number of hydrogen-bond acceptors (Lipinski definition) is 6. The van der Waals surface area contributed by atoms with Crippen molar-refractivity contribution in [1.82, 2.24) is 30.2 Å². The molecule has 3 aromatic heterocycles. The minimum Gasteiger partial charge on any atom is -0.339 e. The van der Waals surface area contributed by atoms with Gasteiger partial charge in [0.2, 0.25) is 0 Å². The van der Waals surface area contributed by atoms with Gasteiger partial charge in [-0.1, -0.05) is 24.3 Å². The van der Waals surface area contributed by atoms with E-state index >= 15 is 0 Å². The Bertz CT molecular complexity index is 992. The predicted octanol–water partition coefficient (Wildman–Crippen LogP) is 2.83. The zero-order chi connectivity index (χ0) is 16.2. The van der Waals surface area contributed by atoms with Crippen LogP contribution in [0.15, 0.2) is 60.8 Å². The molecule has 4 rings (SSSR count). The Kier molecular flexibility index (Phi) is 3.65. The molecule has 1 N–H and O–H groups in total. The van der Waals surface area contributed by atoms with E-state index in [1.807, 2.05) is 60.7 Å². The van der Waals surface area contributed by atoms with Crippen LogP contribution >= 0.6 is 0 Å². The smallest absolute Gasteiger partial charge is 0.200 e. The van der Waals surface area contributed by atoms with Gasteiger partial charge in [0, 0.05) is 11.9 Å². The third-order valence-corrected chi connectivity index (χ3v) is 3.36. The van der Waals surface area contributed by atoms with Crippen molar-refractivity contribution >= 4 is 29.3 Å². The van der Waals surface area contributed by atoms with E-state index in [1.165, 1.54) is 4.63 Å². The van der Waals surface area contributed by atoms with Crippen LogP contribution < -0.4 is 5.32 Å². The molecular weight excluding hydrogens is 302 g/mol. The average Bonchev–Trinajstić information content (AvgIpc) is 3.09. The van der Waals surface area contributed by atoms with E-state index in [0.717, 1.165) is 16.9 Å². The summed E-state index contributed by atoms with van der Waals surface area (Å²) in [7, 11) is 0. The van der Waals surface area contributed by atoms with E-state index in [-0.39, 0.29) is 0 Å². The van der Waals surface area contributed by atoms with Gasteiger partial charge < -0.3 is 5.32 Å². The molecule has 0 radical (unpaired) electrons. The van der Waals surface area contributed by atoms with Crippen LogP contribution in [-0.2, 0) is 0 Å². The van der Waals surface area contributed by atoms with Crippen LogP contribution in [-0.4, -0.2) is 30.2 Å². The van der Waals surface area contributed by atoms with Gasteiger partial charge in [-0.15, -0.1) is 14.8 Å². The number of nitrogens with one attached hydrogen (secondary N) is 1. The first-order valence-corrected chi connectivity index (χ1v) is 7.38. The Balaban J connectivity index is 1.54. The first kappa shape index (κ1) is 14.0. The summed E-state index contributed by atoms with van der Waals surface area (Å²) in [5.74, 6) is 0.667. The van der Waals surface area contributed by atoms with Crippen molar-refractivity contribution in [2.45, 2.75) is 0 Å². The van der Waals surface area contributed by atoms with E-state index < -0.39 is 0 Å². The van der Waals surface area contributed by atoms with Gasteiger partial charge in [0.25, 0.3) is 0 Å². The highest BCUT2D eigenvalue weighted by Gasteiger charge is 2.01. The molecule has 0 amide bonds. The van der Waals surface area contributed by atoms with Crippen LogP contribution in [0.2, 0.25) is 0 Å². The second kappa shape index (κ2) is 6.25. The molecule has 0 aliphatic rings. The lowest BCUT2D eigenvalue weighted by Gasteiger charge is -2.06. The van der Waals surface area contributed by atoms with Gasteiger partial charge in [-0.05, 0) is 58.5 Å². The number of pyridine rings is 1. The molecular formula is C17H13N7. The lowest BCUT2D eigenvalue weighted by atomic mass is 10.1. The maximum atomic E-state index is 4.30. The maximum Gasteiger partial charge on any atom is 0.200 e. The first-order chi connectivity index (χ1) is 11.9. The molecule has 0 spiro atoms. The molecule has 7 heteroatoms. The van der Waals surface area contributed by atoms with Gasteiger partial charge in [-0.25, -0.2) is 0 Å². The molecule has 0 saturated heterocycles. The number of rotatable bonds is 4. The number of nitrogens with zero attached hydrogens (tertiary/aromatic N) is 6. The normalized spacial score (nSPS) is 11.2. The number of benzene rings is 1. The van der Waals surface area contributed by atoms with Crippen LogP contribution in [0.3, 0.4) is 0 Å². The van der Waals surface area contributed by atoms with Gasteiger partial charge in [-0.2, -0.15) is 0 Å². The first-order valence-electron chi connectivity index (χ1n) is 7.38. The molecule has 0 aliphatic carbocycles. The molecule has 7 nitrogen and oxygen atoms in total. The van der Waals surface area contributed by atoms with E-state index in [9.17, 15) is 0 Å². The van der Waals surface area contributed by atoms with Crippen LogP contribution in [0.5, 0.6) is 0 Å². The Morgan fingerprint density at radius 1 is 0.958 bits per heavy atom. The maximum absolute atomic E-state index is 4.30. The fourth-order valence-electron chi connectivity index (χ4n) is 2.24. The number of aromatic nitrogens is 6. The summed E-state index contributed by atoms with van der Waals surface area (Å²) in [6.45, 7) is 0. The van der Waals surface area contributed by atoms with E-state index in [0.29, 0.717) is 11.5 Å². The van der Waals surface area contributed by atoms with E-state index in [1.54, 1.807) is 12.3 Å². The standard InChI is InChI=1S/C17H13N7/c1-2-11-18-14(5-1)8-7-13-4-3-6-15(12-13)19-16-9-10-17-20-22-23-24(17)21-16/h1-12H,(H,19,21)/b8-7+. The topological polar surface area (TPSA) is 80.9 Å². The summed E-state index contributed by atoms with van der Waals surface area (Å²) < 4.78 is 1.38. The lowest BCUT2D eigenvalue weighted by molar-refractivity contribution is 0.736. The molecule has 4 aromatic rings. The molecule has 0 aliphatic heterocycles. The third kappa shape index (κ3) is 3.09. The summed E-state index contributed by atoms with van der Waals surface area (Å²) >= 11 is 0. The van der Waals surface area contributed by atoms with Crippen molar-refractivity contribution in [3.8, 4) is 0 Å². The van der Waals surface area contributed by atoms with Crippen molar-refractivity contribution in [2.24, 2.45) is 0 Å². The number of anilines is 2. The summed E-state index contributed by atoms with van der Waals surface area (Å²) in [6, 6.07) is 17.5. The summed E-state index contributed by atoms with van der Waals surface area (Å²) in [5, 5.41) is 18.7. The molecule has 24 heavy (non-hydrogen) atoms. The highest BCUT2D eigenvalue weighted by atomic mass is 15.6. The average molecular weight is 315 g/mol. The van der Waals surface area contributed by atoms with Crippen LogP contribution in [0.1, 0.15) is 11.3 Å². The number of hydrogen-bond donors (Lipinski definition) is 1. The summed E-state index contributed by atoms with van der Waals surface area (Å²) in [6.07, 6.45) is 5.77. The quantitative estimate of drug-likeness (QED) is 0.623. The van der Waals surface area contributed by atoms with Crippen molar-refractivity contribution in [2.75, 3.05) is 5.32 Å². The van der Waals surface area contributed by atoms with E-state index in [4.69, 9.17) is 0 Å². The zero-order valence-corrected chi connectivity index (χ0v) is 12.6. The van der Waals surface area contributed by atoms with Crippen LogP contribution in [0, 0.1) is 0 Å². The fourth-order valence-corrected chi connectivity index (χ4v) is 2.24. The van der Waals surface area contributed by atoms with Crippen molar-refractivity contribution in [1.29, 1.82) is 0 Å². The second-order valence-corrected chi connectivity index (χ2v) is 5.08. The summed E-state index contributed by atoms with van der Waals surface area (Å²) in [4.78, 5) is 4.27. The lowest BCUT2D eigenvalue weighted by Crippen LogP contribution is -2.00. The molecule has 0 bridgehead atoms. The Morgan fingerprint density at radius 3 is 2.88 bits per heavy atom. The van der Waals surface area contributed by atoms with Gasteiger partial charge >= 0.3 is 0 Å². The van der Waals surface area contributed by atoms with Gasteiger partial charge in [-0.3, -0.25) is 4.98 Å². The minimum atomic E-state index is 0.604. The molecule has 3 heterocycles. The Hall–Kier alpha value is -3.61. The second-order valence-electron chi connectivity index (χ2n) is 5.08. The number of fused-ring (bicyclic) bond motifs is 1. The molecule has 0 atom stereocenters. The minimum absolute atomic E-state index is 0.604. The fraction of sp³-hybridized carbons (Fsp3) is 0. The van der Waals surface area contributed by atoms with Crippen LogP contribution in [0.4, 0.5) is 11.5 Å². The largest absolute Gasteiger partial charge is 0.339 e. The van der Waals surface area contributed by atoms with Gasteiger partial charge in [0.1, 0.15) is 0 Å². The van der Waals surface area contributed by atoms with Crippen molar-refractivity contribution in [3.05, 3.63) is 72.1 Å². The SMILES string of the molecule is C(=C\c1ccccn1)/c1cccc(Nc2ccc3nnnn3n2)c1. The monoisotopic (exact) mass is 315 g/mol. The summed E-state index contributed by atoms with van der Waals surface area (Å²) in [5.41, 5.74) is 3.52. The highest BCUT2D eigenvalue weighted by molar-refractivity contribution is 5.71. The Morgan fingerprint density at radius 2 is 1.96 bits per heavy atom. The molecule has 0 unspecified atom stereocenters. The Labute approximate surface area is 137 Å². The number of tetrazole rings is 1. The molecule has 116 valence electrons. The van der Waals surface area contributed by atoms with Gasteiger partial charge in [0.15, 0.2) is 11.5 Å². The van der Waals surface area contributed by atoms with Gasteiger partial charge in [0.05, 0.1) is 5.69 Å². The molecule has 1 aromatic carbocycles. The molecule has 0 saturated carbocycles. The van der Waals surface area contributed by atoms with Crippen molar-refractivity contribution in [3.63, 3.8) is 0 Å². The predicted molar refractivity (Wildman–Crippen MR) is 91.5 cm³/mol.